The first kappa shape index (κ1) is 14.8. The van der Waals surface area contributed by atoms with Gasteiger partial charge < -0.3 is 10.1 Å². The van der Waals surface area contributed by atoms with E-state index in [1.165, 1.54) is 6.07 Å². The molecule has 1 heterocycles. The Morgan fingerprint density at radius 1 is 1.50 bits per heavy atom. The molecule has 0 radical (unpaired) electrons. The molecule has 0 saturated heterocycles. The van der Waals surface area contributed by atoms with Crippen LogP contribution in [0.1, 0.15) is 24.2 Å². The van der Waals surface area contributed by atoms with E-state index in [1.807, 2.05) is 14.0 Å². The van der Waals surface area contributed by atoms with Gasteiger partial charge in [0.25, 0.3) is 0 Å². The molecule has 0 aliphatic rings. The van der Waals surface area contributed by atoms with Gasteiger partial charge in [-0.05, 0) is 24.2 Å². The number of aryl methyl sites for hydroxylation is 1. The van der Waals surface area contributed by atoms with Crippen molar-refractivity contribution in [1.82, 2.24) is 15.1 Å². The zero-order chi connectivity index (χ0) is 14.7. The van der Waals surface area contributed by atoms with E-state index in [1.54, 1.807) is 30.1 Å². The number of methoxy groups -OCH3 is 1. The summed E-state index contributed by atoms with van der Waals surface area (Å²) in [5.74, 6) is 0.251. The fourth-order valence-electron chi connectivity index (χ4n) is 2.18. The normalized spacial score (nSPS) is 12.4. The molecule has 1 atom stereocenters. The zero-order valence-electron chi connectivity index (χ0n) is 11.7. The lowest BCUT2D eigenvalue weighted by atomic mass is 10.0. The van der Waals surface area contributed by atoms with Crippen LogP contribution in [-0.2, 0) is 7.05 Å². The Morgan fingerprint density at radius 3 is 2.85 bits per heavy atom. The number of hydrogen-bond donors (Lipinski definition) is 1. The van der Waals surface area contributed by atoms with Gasteiger partial charge in [-0.3, -0.25) is 4.68 Å². The topological polar surface area (TPSA) is 39.1 Å². The maximum absolute atomic E-state index is 13.3. The van der Waals surface area contributed by atoms with Crippen molar-refractivity contribution in [3.05, 3.63) is 46.5 Å². The Hall–Kier alpha value is -1.59. The average Bonchev–Trinajstić information content (AvgIpc) is 2.80. The van der Waals surface area contributed by atoms with Crippen LogP contribution in [-0.4, -0.2) is 23.4 Å². The second kappa shape index (κ2) is 6.24. The SMILES string of the molecule is CCNC(c1ccc(F)c(Cl)c1)c1c(OC)cnn1C. The molecule has 4 nitrogen and oxygen atoms in total. The van der Waals surface area contributed by atoms with Crippen LogP contribution in [0.15, 0.2) is 24.4 Å². The first-order valence-electron chi connectivity index (χ1n) is 6.32. The third-order valence-corrected chi connectivity index (χ3v) is 3.42. The molecule has 1 aromatic heterocycles. The van der Waals surface area contributed by atoms with Gasteiger partial charge in [-0.15, -0.1) is 0 Å². The lowest BCUT2D eigenvalue weighted by Gasteiger charge is -2.20. The van der Waals surface area contributed by atoms with Crippen molar-refractivity contribution in [2.45, 2.75) is 13.0 Å². The fourth-order valence-corrected chi connectivity index (χ4v) is 2.37. The van der Waals surface area contributed by atoms with Gasteiger partial charge in [-0.1, -0.05) is 24.6 Å². The number of hydrogen-bond acceptors (Lipinski definition) is 3. The minimum atomic E-state index is -0.428. The van der Waals surface area contributed by atoms with Gasteiger partial charge in [0.1, 0.15) is 11.5 Å². The molecule has 0 saturated carbocycles. The summed E-state index contributed by atoms with van der Waals surface area (Å²) >= 11 is 5.88. The van der Waals surface area contributed by atoms with Gasteiger partial charge >= 0.3 is 0 Å². The number of nitrogens with zero attached hydrogens (tertiary/aromatic N) is 2. The number of nitrogens with one attached hydrogen (secondary N) is 1. The van der Waals surface area contributed by atoms with Gasteiger partial charge in [0.05, 0.1) is 24.4 Å². The average molecular weight is 298 g/mol. The van der Waals surface area contributed by atoms with Crippen molar-refractivity contribution in [2.24, 2.45) is 7.05 Å². The predicted molar refractivity (Wildman–Crippen MR) is 76.7 cm³/mol. The lowest BCUT2D eigenvalue weighted by molar-refractivity contribution is 0.401. The summed E-state index contributed by atoms with van der Waals surface area (Å²) < 4.78 is 20.4. The molecule has 108 valence electrons. The highest BCUT2D eigenvalue weighted by Gasteiger charge is 2.22. The molecule has 0 aliphatic heterocycles. The molecular formula is C14H17ClFN3O. The van der Waals surface area contributed by atoms with Crippen molar-refractivity contribution < 1.29 is 9.13 Å². The minimum Gasteiger partial charge on any atom is -0.493 e. The van der Waals surface area contributed by atoms with E-state index >= 15 is 0 Å². The van der Waals surface area contributed by atoms with Crippen LogP contribution in [0.3, 0.4) is 0 Å². The third-order valence-electron chi connectivity index (χ3n) is 3.13. The van der Waals surface area contributed by atoms with Crippen molar-refractivity contribution in [3.63, 3.8) is 0 Å². The van der Waals surface area contributed by atoms with E-state index in [9.17, 15) is 4.39 Å². The molecular weight excluding hydrogens is 281 g/mol. The van der Waals surface area contributed by atoms with E-state index in [0.717, 1.165) is 17.8 Å². The summed E-state index contributed by atoms with van der Waals surface area (Å²) in [6.07, 6.45) is 1.66. The Balaban J connectivity index is 2.49. The highest BCUT2D eigenvalue weighted by atomic mass is 35.5. The summed E-state index contributed by atoms with van der Waals surface area (Å²) in [7, 11) is 3.44. The summed E-state index contributed by atoms with van der Waals surface area (Å²) in [5.41, 5.74) is 1.73. The van der Waals surface area contributed by atoms with Gasteiger partial charge in [0.2, 0.25) is 0 Å². The van der Waals surface area contributed by atoms with Gasteiger partial charge in [-0.2, -0.15) is 5.10 Å². The van der Waals surface area contributed by atoms with Crippen LogP contribution < -0.4 is 10.1 Å². The van der Waals surface area contributed by atoms with Crippen LogP contribution in [0.4, 0.5) is 4.39 Å². The van der Waals surface area contributed by atoms with Gasteiger partial charge in [0, 0.05) is 7.05 Å². The molecule has 2 aromatic rings. The molecule has 20 heavy (non-hydrogen) atoms. The number of benzene rings is 1. The second-order valence-electron chi connectivity index (χ2n) is 4.39. The molecule has 2 rings (SSSR count). The highest BCUT2D eigenvalue weighted by Crippen LogP contribution is 2.31. The Kier molecular flexibility index (Phi) is 4.62. The number of aromatic nitrogens is 2. The van der Waals surface area contributed by atoms with Crippen LogP contribution in [0.5, 0.6) is 5.75 Å². The van der Waals surface area contributed by atoms with Gasteiger partial charge in [0.15, 0.2) is 5.75 Å². The lowest BCUT2D eigenvalue weighted by Crippen LogP contribution is -2.24. The molecule has 1 unspecified atom stereocenters. The Morgan fingerprint density at radius 2 is 2.25 bits per heavy atom. The molecule has 0 fully saturated rings. The van der Waals surface area contributed by atoms with Crippen molar-refractivity contribution in [2.75, 3.05) is 13.7 Å². The largest absolute Gasteiger partial charge is 0.493 e. The molecule has 6 heteroatoms. The second-order valence-corrected chi connectivity index (χ2v) is 4.79. The zero-order valence-corrected chi connectivity index (χ0v) is 12.4. The van der Waals surface area contributed by atoms with Crippen LogP contribution in [0.2, 0.25) is 5.02 Å². The van der Waals surface area contributed by atoms with Crippen LogP contribution >= 0.6 is 11.6 Å². The summed E-state index contributed by atoms with van der Waals surface area (Å²) in [5, 5.41) is 7.65. The standard InChI is InChI=1S/C14H17ClFN3O/c1-4-17-13(9-5-6-11(16)10(15)7-9)14-12(20-3)8-18-19(14)2/h5-8,13,17H,4H2,1-3H3. The Bertz CT molecular complexity index is 600. The first-order valence-corrected chi connectivity index (χ1v) is 6.70. The van der Waals surface area contributed by atoms with Crippen LogP contribution in [0, 0.1) is 5.82 Å². The minimum absolute atomic E-state index is 0.103. The number of ether oxygens (including phenoxy) is 1. The quantitative estimate of drug-likeness (QED) is 0.922. The van der Waals surface area contributed by atoms with Crippen molar-refractivity contribution in [1.29, 1.82) is 0 Å². The van der Waals surface area contributed by atoms with E-state index < -0.39 is 5.82 Å². The van der Waals surface area contributed by atoms with Crippen molar-refractivity contribution >= 4 is 11.6 Å². The maximum Gasteiger partial charge on any atom is 0.161 e. The first-order chi connectivity index (χ1) is 9.58. The van der Waals surface area contributed by atoms with E-state index in [2.05, 4.69) is 10.4 Å². The monoisotopic (exact) mass is 297 g/mol. The fraction of sp³-hybridized carbons (Fsp3) is 0.357. The number of rotatable bonds is 5. The molecule has 0 bridgehead atoms. The molecule has 0 amide bonds. The molecule has 0 aliphatic carbocycles. The smallest absolute Gasteiger partial charge is 0.161 e. The maximum atomic E-state index is 13.3. The summed E-state index contributed by atoms with van der Waals surface area (Å²) in [4.78, 5) is 0. The van der Waals surface area contributed by atoms with Crippen molar-refractivity contribution in [3.8, 4) is 5.75 Å². The number of halogens is 2. The van der Waals surface area contributed by atoms with E-state index in [4.69, 9.17) is 16.3 Å². The third kappa shape index (κ3) is 2.78. The molecule has 1 aromatic carbocycles. The summed E-state index contributed by atoms with van der Waals surface area (Å²) in [6, 6.07) is 4.53. The van der Waals surface area contributed by atoms with Gasteiger partial charge in [-0.25, -0.2) is 4.39 Å². The summed E-state index contributed by atoms with van der Waals surface area (Å²) in [6.45, 7) is 2.75. The molecule has 0 spiro atoms. The highest BCUT2D eigenvalue weighted by molar-refractivity contribution is 6.30. The van der Waals surface area contributed by atoms with E-state index in [0.29, 0.717) is 5.75 Å². The predicted octanol–water partition coefficient (Wildman–Crippen LogP) is 2.92. The van der Waals surface area contributed by atoms with E-state index in [-0.39, 0.29) is 11.1 Å². The molecule has 1 N–H and O–H groups in total. The van der Waals surface area contributed by atoms with Crippen LogP contribution in [0.25, 0.3) is 0 Å². The Labute approximate surface area is 122 Å².